The molecule has 0 amide bonds. The van der Waals surface area contributed by atoms with E-state index in [4.69, 9.17) is 9.47 Å². The Balaban J connectivity index is 2.06. The van der Waals surface area contributed by atoms with Crippen molar-refractivity contribution in [2.75, 3.05) is 19.5 Å². The minimum atomic E-state index is 0.542. The van der Waals surface area contributed by atoms with Crippen molar-refractivity contribution in [2.24, 2.45) is 0 Å². The average molecular weight is 289 g/mol. The quantitative estimate of drug-likeness (QED) is 0.851. The van der Waals surface area contributed by atoms with Crippen LogP contribution in [0, 0.1) is 6.92 Å². The van der Waals surface area contributed by atoms with E-state index in [0.717, 1.165) is 35.9 Å². The van der Waals surface area contributed by atoms with E-state index < -0.39 is 0 Å². The number of benzene rings is 1. The molecule has 1 heterocycles. The zero-order chi connectivity index (χ0) is 15.2. The number of rotatable bonds is 7. The second-order valence-electron chi connectivity index (χ2n) is 4.92. The highest BCUT2D eigenvalue weighted by molar-refractivity contribution is 5.40. The van der Waals surface area contributed by atoms with Gasteiger partial charge in [0.15, 0.2) is 0 Å². The van der Waals surface area contributed by atoms with E-state index in [1.54, 1.807) is 14.2 Å². The molecular formula is C16H23N3O2. The lowest BCUT2D eigenvalue weighted by molar-refractivity contribution is 0.181. The molecule has 114 valence electrons. The van der Waals surface area contributed by atoms with Gasteiger partial charge in [-0.1, -0.05) is 6.07 Å². The molecule has 2 aromatic rings. The van der Waals surface area contributed by atoms with Crippen LogP contribution >= 0.6 is 0 Å². The molecule has 0 aliphatic heterocycles. The predicted molar refractivity (Wildman–Crippen MR) is 83.7 cm³/mol. The van der Waals surface area contributed by atoms with Crippen LogP contribution in [0.2, 0.25) is 0 Å². The molecule has 0 saturated heterocycles. The minimum absolute atomic E-state index is 0.542. The van der Waals surface area contributed by atoms with Crippen LogP contribution in [0.1, 0.15) is 23.7 Å². The Labute approximate surface area is 125 Å². The monoisotopic (exact) mass is 289 g/mol. The molecule has 0 aliphatic rings. The molecule has 0 aliphatic carbocycles. The summed E-state index contributed by atoms with van der Waals surface area (Å²) in [5, 5.41) is 7.84. The van der Waals surface area contributed by atoms with E-state index in [0.29, 0.717) is 6.61 Å². The molecule has 0 saturated carbocycles. The SMILES string of the molecule is CCn1nc(NCc2ccc(OC)c(COC)c2)cc1C. The van der Waals surface area contributed by atoms with E-state index in [-0.39, 0.29) is 0 Å². The summed E-state index contributed by atoms with van der Waals surface area (Å²) in [5.74, 6) is 1.75. The van der Waals surface area contributed by atoms with E-state index in [2.05, 4.69) is 42.5 Å². The Morgan fingerprint density at radius 3 is 2.67 bits per heavy atom. The van der Waals surface area contributed by atoms with Crippen molar-refractivity contribution in [2.45, 2.75) is 33.5 Å². The highest BCUT2D eigenvalue weighted by Crippen LogP contribution is 2.21. The molecule has 1 aromatic carbocycles. The smallest absolute Gasteiger partial charge is 0.148 e. The lowest BCUT2D eigenvalue weighted by Crippen LogP contribution is -2.03. The van der Waals surface area contributed by atoms with Crippen LogP contribution in [0.5, 0.6) is 5.75 Å². The second-order valence-corrected chi connectivity index (χ2v) is 4.92. The molecule has 0 fully saturated rings. The summed E-state index contributed by atoms with van der Waals surface area (Å²) in [4.78, 5) is 0. The molecular weight excluding hydrogens is 266 g/mol. The van der Waals surface area contributed by atoms with Gasteiger partial charge in [0.1, 0.15) is 11.6 Å². The van der Waals surface area contributed by atoms with Crippen molar-refractivity contribution in [1.82, 2.24) is 9.78 Å². The maximum absolute atomic E-state index is 5.33. The van der Waals surface area contributed by atoms with Crippen LogP contribution in [0.3, 0.4) is 0 Å². The number of methoxy groups -OCH3 is 2. The normalized spacial score (nSPS) is 10.7. The third kappa shape index (κ3) is 3.76. The zero-order valence-corrected chi connectivity index (χ0v) is 13.1. The van der Waals surface area contributed by atoms with Gasteiger partial charge in [0.25, 0.3) is 0 Å². The first-order chi connectivity index (χ1) is 10.2. The summed E-state index contributed by atoms with van der Waals surface area (Å²) < 4.78 is 12.5. The summed E-state index contributed by atoms with van der Waals surface area (Å²) in [6.45, 7) is 6.30. The minimum Gasteiger partial charge on any atom is -0.496 e. The summed E-state index contributed by atoms with van der Waals surface area (Å²) in [7, 11) is 3.36. The Bertz CT molecular complexity index is 593. The number of nitrogens with one attached hydrogen (secondary N) is 1. The van der Waals surface area contributed by atoms with Gasteiger partial charge in [0.05, 0.1) is 13.7 Å². The number of aryl methyl sites for hydroxylation is 2. The van der Waals surface area contributed by atoms with Crippen molar-refractivity contribution >= 4 is 5.82 Å². The van der Waals surface area contributed by atoms with Crippen LogP contribution in [0.4, 0.5) is 5.82 Å². The lowest BCUT2D eigenvalue weighted by Gasteiger charge is -2.10. The fraction of sp³-hybridized carbons (Fsp3) is 0.438. The van der Waals surface area contributed by atoms with Crippen LogP contribution in [0.25, 0.3) is 0 Å². The van der Waals surface area contributed by atoms with Crippen molar-refractivity contribution in [1.29, 1.82) is 0 Å². The summed E-state index contributed by atoms with van der Waals surface area (Å²) in [5.41, 5.74) is 3.39. The highest BCUT2D eigenvalue weighted by atomic mass is 16.5. The van der Waals surface area contributed by atoms with E-state index >= 15 is 0 Å². The van der Waals surface area contributed by atoms with Gasteiger partial charge in [-0.15, -0.1) is 0 Å². The van der Waals surface area contributed by atoms with Gasteiger partial charge in [-0.2, -0.15) is 5.10 Å². The number of ether oxygens (including phenoxy) is 2. The number of hydrogen-bond donors (Lipinski definition) is 1. The van der Waals surface area contributed by atoms with Gasteiger partial charge >= 0.3 is 0 Å². The molecule has 1 N–H and O–H groups in total. The lowest BCUT2D eigenvalue weighted by atomic mass is 10.1. The Kier molecular flexibility index (Phi) is 5.22. The van der Waals surface area contributed by atoms with Gasteiger partial charge in [0, 0.05) is 37.5 Å². The molecule has 2 rings (SSSR count). The fourth-order valence-electron chi connectivity index (χ4n) is 2.32. The first-order valence-corrected chi connectivity index (χ1v) is 7.11. The third-order valence-electron chi connectivity index (χ3n) is 3.40. The van der Waals surface area contributed by atoms with Crippen LogP contribution in [-0.2, 0) is 24.4 Å². The van der Waals surface area contributed by atoms with Gasteiger partial charge in [-0.05, 0) is 31.5 Å². The average Bonchev–Trinajstić information content (AvgIpc) is 2.86. The number of aromatic nitrogens is 2. The Hall–Kier alpha value is -2.01. The molecule has 0 unspecified atom stereocenters. The van der Waals surface area contributed by atoms with Crippen molar-refractivity contribution in [3.05, 3.63) is 41.1 Å². The van der Waals surface area contributed by atoms with Crippen molar-refractivity contribution < 1.29 is 9.47 Å². The molecule has 5 heteroatoms. The zero-order valence-electron chi connectivity index (χ0n) is 13.1. The molecule has 0 bridgehead atoms. The van der Waals surface area contributed by atoms with Gasteiger partial charge < -0.3 is 14.8 Å². The maximum atomic E-state index is 5.33. The first kappa shape index (κ1) is 15.4. The van der Waals surface area contributed by atoms with Crippen molar-refractivity contribution in [3.63, 3.8) is 0 Å². The standard InChI is InChI=1S/C16H23N3O2/c1-5-19-12(2)8-16(18-19)17-10-13-6-7-15(21-4)14(9-13)11-20-3/h6-9H,5,10-11H2,1-4H3,(H,17,18). The van der Waals surface area contributed by atoms with E-state index in [9.17, 15) is 0 Å². The van der Waals surface area contributed by atoms with Gasteiger partial charge in [0.2, 0.25) is 0 Å². The topological polar surface area (TPSA) is 48.3 Å². The molecule has 1 aromatic heterocycles. The molecule has 0 radical (unpaired) electrons. The van der Waals surface area contributed by atoms with Crippen LogP contribution < -0.4 is 10.1 Å². The largest absolute Gasteiger partial charge is 0.496 e. The second kappa shape index (κ2) is 7.13. The molecule has 5 nitrogen and oxygen atoms in total. The first-order valence-electron chi connectivity index (χ1n) is 7.11. The molecule has 21 heavy (non-hydrogen) atoms. The molecule has 0 spiro atoms. The van der Waals surface area contributed by atoms with Gasteiger partial charge in [-0.3, -0.25) is 4.68 Å². The molecule has 0 atom stereocenters. The van der Waals surface area contributed by atoms with Crippen LogP contribution in [0.15, 0.2) is 24.3 Å². The highest BCUT2D eigenvalue weighted by Gasteiger charge is 2.06. The van der Waals surface area contributed by atoms with Crippen molar-refractivity contribution in [3.8, 4) is 5.75 Å². The van der Waals surface area contributed by atoms with Crippen LogP contribution in [-0.4, -0.2) is 24.0 Å². The fourth-order valence-corrected chi connectivity index (χ4v) is 2.32. The third-order valence-corrected chi connectivity index (χ3v) is 3.40. The summed E-state index contributed by atoms with van der Waals surface area (Å²) in [6, 6.07) is 8.18. The van der Waals surface area contributed by atoms with E-state index in [1.165, 1.54) is 5.56 Å². The van der Waals surface area contributed by atoms with Gasteiger partial charge in [-0.25, -0.2) is 0 Å². The Morgan fingerprint density at radius 2 is 2.05 bits per heavy atom. The summed E-state index contributed by atoms with van der Waals surface area (Å²) in [6.07, 6.45) is 0. The van der Waals surface area contributed by atoms with E-state index in [1.807, 2.05) is 10.7 Å². The number of nitrogens with zero attached hydrogens (tertiary/aromatic N) is 2. The predicted octanol–water partition coefficient (Wildman–Crippen LogP) is 2.98. The maximum Gasteiger partial charge on any atom is 0.148 e. The summed E-state index contributed by atoms with van der Waals surface area (Å²) >= 11 is 0. The number of anilines is 1. The Morgan fingerprint density at radius 1 is 1.24 bits per heavy atom. The number of hydrogen-bond acceptors (Lipinski definition) is 4.